The van der Waals surface area contributed by atoms with Crippen LogP contribution < -0.4 is 10.5 Å². The number of amides is 1. The van der Waals surface area contributed by atoms with Crippen LogP contribution in [-0.2, 0) is 17.6 Å². The maximum Gasteiger partial charge on any atom is 0.259 e. The number of aromatic nitrogens is 1. The average Bonchev–Trinajstić information content (AvgIpc) is 3.07. The van der Waals surface area contributed by atoms with Gasteiger partial charge in [-0.05, 0) is 42.4 Å². The SMILES string of the molecule is CCOCCOc1sc(C(N)=O)c2c1-c1sncc1CC2. The third kappa shape index (κ3) is 2.68. The lowest BCUT2D eigenvalue weighted by Crippen LogP contribution is -2.13. The Morgan fingerprint density at radius 2 is 2.29 bits per heavy atom. The fourth-order valence-electron chi connectivity index (χ4n) is 2.45. The predicted octanol–water partition coefficient (Wildman–Crippen LogP) is 2.48. The van der Waals surface area contributed by atoms with Crippen molar-refractivity contribution in [1.82, 2.24) is 4.37 Å². The second kappa shape index (κ2) is 6.13. The van der Waals surface area contributed by atoms with Crippen LogP contribution >= 0.6 is 22.9 Å². The molecule has 0 aliphatic heterocycles. The summed E-state index contributed by atoms with van der Waals surface area (Å²) < 4.78 is 15.4. The summed E-state index contributed by atoms with van der Waals surface area (Å²) in [4.78, 5) is 13.4. The monoisotopic (exact) mass is 324 g/mol. The minimum Gasteiger partial charge on any atom is -0.481 e. The molecule has 0 radical (unpaired) electrons. The molecule has 0 fully saturated rings. The minimum absolute atomic E-state index is 0.385. The number of thiophene rings is 1. The summed E-state index contributed by atoms with van der Waals surface area (Å²) in [6.07, 6.45) is 3.60. The Morgan fingerprint density at radius 3 is 3.05 bits per heavy atom. The number of ether oxygens (including phenoxy) is 2. The van der Waals surface area contributed by atoms with E-state index in [1.54, 1.807) is 0 Å². The van der Waals surface area contributed by atoms with Crippen LogP contribution in [0.3, 0.4) is 0 Å². The van der Waals surface area contributed by atoms with E-state index in [9.17, 15) is 4.79 Å². The van der Waals surface area contributed by atoms with E-state index in [2.05, 4.69) is 4.37 Å². The van der Waals surface area contributed by atoms with E-state index in [1.165, 1.54) is 28.4 Å². The molecular weight excluding hydrogens is 308 g/mol. The maximum absolute atomic E-state index is 11.7. The van der Waals surface area contributed by atoms with Gasteiger partial charge in [0, 0.05) is 12.8 Å². The quantitative estimate of drug-likeness (QED) is 0.828. The molecule has 0 bridgehead atoms. The molecule has 1 aliphatic rings. The van der Waals surface area contributed by atoms with Crippen molar-refractivity contribution in [2.45, 2.75) is 19.8 Å². The van der Waals surface area contributed by atoms with E-state index in [0.717, 1.165) is 33.9 Å². The van der Waals surface area contributed by atoms with Crippen molar-refractivity contribution in [3.05, 3.63) is 22.2 Å². The number of hydrogen-bond donors (Lipinski definition) is 1. The van der Waals surface area contributed by atoms with Gasteiger partial charge in [-0.1, -0.05) is 11.3 Å². The van der Waals surface area contributed by atoms with Crippen LogP contribution in [0.4, 0.5) is 0 Å². The summed E-state index contributed by atoms with van der Waals surface area (Å²) in [6, 6.07) is 0. The van der Waals surface area contributed by atoms with Gasteiger partial charge in [0.2, 0.25) is 0 Å². The van der Waals surface area contributed by atoms with E-state index in [0.29, 0.717) is 24.7 Å². The van der Waals surface area contributed by atoms with Crippen LogP contribution in [0.1, 0.15) is 27.7 Å². The molecular formula is C14H16N2O3S2. The smallest absolute Gasteiger partial charge is 0.259 e. The van der Waals surface area contributed by atoms with Crippen LogP contribution in [0, 0.1) is 0 Å². The molecule has 1 amide bonds. The van der Waals surface area contributed by atoms with Crippen LogP contribution in [0.25, 0.3) is 10.4 Å². The minimum atomic E-state index is -0.385. The van der Waals surface area contributed by atoms with Crippen molar-refractivity contribution in [2.75, 3.05) is 19.8 Å². The van der Waals surface area contributed by atoms with Gasteiger partial charge in [0.15, 0.2) is 5.06 Å². The standard InChI is InChI=1S/C14H16N2O3S2/c1-2-18-5-6-19-14-10-9(12(20-14)13(15)17)4-3-8-7-16-21-11(8)10/h7H,2-6H2,1H3,(H2,15,17). The second-order valence-electron chi connectivity index (χ2n) is 4.66. The van der Waals surface area contributed by atoms with Gasteiger partial charge in [-0.3, -0.25) is 4.79 Å². The summed E-state index contributed by atoms with van der Waals surface area (Å²) in [5, 5.41) is 0.753. The Kier molecular flexibility index (Phi) is 4.23. The maximum atomic E-state index is 11.7. The lowest BCUT2D eigenvalue weighted by Gasteiger charge is -2.14. The zero-order valence-corrected chi connectivity index (χ0v) is 13.3. The summed E-state index contributed by atoms with van der Waals surface area (Å²) in [5.74, 6) is -0.385. The number of nitrogens with zero attached hydrogens (tertiary/aromatic N) is 1. The lowest BCUT2D eigenvalue weighted by molar-refractivity contribution is 0.100. The van der Waals surface area contributed by atoms with Gasteiger partial charge in [-0.25, -0.2) is 4.37 Å². The molecule has 0 spiro atoms. The molecule has 3 rings (SSSR count). The van der Waals surface area contributed by atoms with E-state index in [-0.39, 0.29) is 5.91 Å². The van der Waals surface area contributed by atoms with E-state index < -0.39 is 0 Å². The second-order valence-corrected chi connectivity index (χ2v) is 6.45. The number of primary amides is 1. The van der Waals surface area contributed by atoms with E-state index in [1.807, 2.05) is 13.1 Å². The van der Waals surface area contributed by atoms with Crippen molar-refractivity contribution >= 4 is 28.8 Å². The van der Waals surface area contributed by atoms with Crippen molar-refractivity contribution in [1.29, 1.82) is 0 Å². The molecule has 112 valence electrons. The van der Waals surface area contributed by atoms with Crippen LogP contribution in [0.15, 0.2) is 6.20 Å². The first-order valence-electron chi connectivity index (χ1n) is 6.82. The van der Waals surface area contributed by atoms with Crippen molar-refractivity contribution in [2.24, 2.45) is 5.73 Å². The summed E-state index contributed by atoms with van der Waals surface area (Å²) >= 11 is 2.78. The highest BCUT2D eigenvalue weighted by molar-refractivity contribution is 7.17. The molecule has 1 aliphatic carbocycles. The first kappa shape index (κ1) is 14.5. The molecule has 0 saturated heterocycles. The summed E-state index contributed by atoms with van der Waals surface area (Å²) in [6.45, 7) is 3.61. The van der Waals surface area contributed by atoms with Crippen molar-refractivity contribution < 1.29 is 14.3 Å². The number of hydrogen-bond acceptors (Lipinski definition) is 6. The van der Waals surface area contributed by atoms with Gasteiger partial charge in [0.1, 0.15) is 6.61 Å². The number of aryl methyl sites for hydroxylation is 1. The lowest BCUT2D eigenvalue weighted by atomic mass is 9.93. The Morgan fingerprint density at radius 1 is 1.43 bits per heavy atom. The van der Waals surface area contributed by atoms with Crippen molar-refractivity contribution in [3.63, 3.8) is 0 Å². The zero-order valence-electron chi connectivity index (χ0n) is 11.7. The summed E-state index contributed by atoms with van der Waals surface area (Å²) in [7, 11) is 0. The zero-order chi connectivity index (χ0) is 14.8. The summed E-state index contributed by atoms with van der Waals surface area (Å²) in [5.41, 5.74) is 8.74. The molecule has 7 heteroatoms. The van der Waals surface area contributed by atoms with Gasteiger partial charge in [0.05, 0.1) is 21.9 Å². The predicted molar refractivity (Wildman–Crippen MR) is 83.3 cm³/mol. The highest BCUT2D eigenvalue weighted by Gasteiger charge is 2.29. The van der Waals surface area contributed by atoms with Gasteiger partial charge in [0.25, 0.3) is 5.91 Å². The molecule has 2 heterocycles. The molecule has 21 heavy (non-hydrogen) atoms. The normalized spacial score (nSPS) is 12.8. The largest absolute Gasteiger partial charge is 0.481 e. The molecule has 2 aromatic heterocycles. The van der Waals surface area contributed by atoms with Crippen LogP contribution in [0.5, 0.6) is 5.06 Å². The van der Waals surface area contributed by atoms with Gasteiger partial charge >= 0.3 is 0 Å². The highest BCUT2D eigenvalue weighted by atomic mass is 32.1. The fourth-order valence-corrected chi connectivity index (χ4v) is 4.46. The van der Waals surface area contributed by atoms with Crippen LogP contribution in [-0.4, -0.2) is 30.1 Å². The Bertz CT molecular complexity index is 663. The number of rotatable bonds is 6. The number of carbonyl (C=O) groups excluding carboxylic acids is 1. The molecule has 5 nitrogen and oxygen atoms in total. The van der Waals surface area contributed by atoms with Gasteiger partial charge in [-0.15, -0.1) is 0 Å². The molecule has 0 aromatic carbocycles. The first-order valence-corrected chi connectivity index (χ1v) is 8.41. The molecule has 0 atom stereocenters. The molecule has 0 saturated carbocycles. The van der Waals surface area contributed by atoms with Gasteiger partial charge < -0.3 is 15.2 Å². The third-order valence-corrected chi connectivity index (χ3v) is 5.40. The topological polar surface area (TPSA) is 74.4 Å². The molecule has 2 N–H and O–H groups in total. The Hall–Kier alpha value is -1.44. The Labute approximate surface area is 130 Å². The molecule has 2 aromatic rings. The number of fused-ring (bicyclic) bond motifs is 3. The highest BCUT2D eigenvalue weighted by Crippen LogP contribution is 2.48. The first-order chi connectivity index (χ1) is 10.2. The van der Waals surface area contributed by atoms with Crippen LogP contribution in [0.2, 0.25) is 0 Å². The molecule has 0 unspecified atom stereocenters. The van der Waals surface area contributed by atoms with E-state index in [4.69, 9.17) is 15.2 Å². The average molecular weight is 324 g/mol. The third-order valence-electron chi connectivity index (χ3n) is 3.38. The van der Waals surface area contributed by atoms with E-state index >= 15 is 0 Å². The Balaban J connectivity index is 1.95. The fraction of sp³-hybridized carbons (Fsp3) is 0.429. The number of nitrogens with two attached hydrogens (primary N) is 1. The van der Waals surface area contributed by atoms with Gasteiger partial charge in [-0.2, -0.15) is 0 Å². The van der Waals surface area contributed by atoms with Crippen molar-refractivity contribution in [3.8, 4) is 15.5 Å². The number of carbonyl (C=O) groups is 1.